The number of aromatic nitrogens is 6. The van der Waals surface area contributed by atoms with E-state index in [4.69, 9.17) is 0 Å². The normalized spacial score (nSPS) is 15.6. The molecule has 9 rings (SSSR count). The predicted octanol–water partition coefficient (Wildman–Crippen LogP) is 9.77. The summed E-state index contributed by atoms with van der Waals surface area (Å²) >= 11 is 8.45. The molecule has 15 nitrogen and oxygen atoms in total. The summed E-state index contributed by atoms with van der Waals surface area (Å²) in [5.74, 6) is 2.92. The molecule has 426 valence electrons. The van der Waals surface area contributed by atoms with Gasteiger partial charge in [0.05, 0.1) is 0 Å². The van der Waals surface area contributed by atoms with E-state index in [0.717, 1.165) is 146 Å². The average molecular weight is 1200 g/mol. The van der Waals surface area contributed by atoms with Gasteiger partial charge in [-0.1, -0.05) is 91.0 Å². The van der Waals surface area contributed by atoms with Gasteiger partial charge in [0, 0.05) is 154 Å². The summed E-state index contributed by atoms with van der Waals surface area (Å²) in [6.07, 6.45) is 9.08. The van der Waals surface area contributed by atoms with Crippen LogP contribution in [0.25, 0.3) is 0 Å². The van der Waals surface area contributed by atoms with E-state index in [2.05, 4.69) is 178 Å². The fourth-order valence-electron chi connectivity index (χ4n) is 9.84. The number of nitrogens with one attached hydrogen (secondary N) is 3. The molecule has 3 N–H and O–H groups in total. The quantitative estimate of drug-likeness (QED) is 0.0400. The van der Waals surface area contributed by atoms with Gasteiger partial charge in [-0.2, -0.15) is 0 Å². The zero-order chi connectivity index (χ0) is 56.2. The van der Waals surface area contributed by atoms with Crippen molar-refractivity contribution in [1.82, 2.24) is 44.6 Å². The zero-order valence-corrected chi connectivity index (χ0v) is 51.6. The van der Waals surface area contributed by atoms with E-state index in [-0.39, 0.29) is 22.1 Å². The van der Waals surface area contributed by atoms with E-state index in [1.165, 1.54) is 63.1 Å². The Morgan fingerprint density at radius 3 is 1.19 bits per heavy atom. The van der Waals surface area contributed by atoms with Crippen molar-refractivity contribution in [2.45, 2.75) is 95.0 Å². The molecule has 3 fully saturated rings. The molecule has 0 unspecified atom stereocenters. The lowest BCUT2D eigenvalue weighted by atomic mass is 9.86. The highest BCUT2D eigenvalue weighted by Gasteiger charge is 2.22. The summed E-state index contributed by atoms with van der Waals surface area (Å²) in [6.45, 7) is 31.9. The van der Waals surface area contributed by atoms with Crippen LogP contribution >= 0.6 is 51.2 Å². The average Bonchev–Trinajstić information content (AvgIpc) is 3.46. The molecule has 79 heavy (non-hydrogen) atoms. The predicted molar refractivity (Wildman–Crippen MR) is 336 cm³/mol. The SMILES string of the molecule is CCc1cc(C)cc(N2CCN(CCCSc3nccc(=O)[nH]3)CC2)c1.Cc1cc(Br)cc(N2CCN(CCCSc3nccc(=O)[nH]3)CC2)c1.Cc1cc(N2CCN(CCCSc3nccc(=O)[nH]3)CC2)cc(C(C)(C)C)c1. The van der Waals surface area contributed by atoms with Crippen LogP contribution in [0.5, 0.6) is 0 Å². The van der Waals surface area contributed by atoms with Crippen LogP contribution in [0, 0.1) is 20.8 Å². The fraction of sp³-hybridized carbons (Fsp3) is 0.500. The molecule has 0 atom stereocenters. The lowest BCUT2D eigenvalue weighted by Crippen LogP contribution is -2.46. The van der Waals surface area contributed by atoms with Crippen LogP contribution in [-0.4, -0.2) is 160 Å². The van der Waals surface area contributed by atoms with Gasteiger partial charge in [0.15, 0.2) is 15.5 Å². The molecule has 0 radical (unpaired) electrons. The molecule has 3 aromatic carbocycles. The number of piperazine rings is 3. The molecule has 0 saturated carbocycles. The molecule has 3 aliphatic heterocycles. The number of halogens is 1. The number of benzene rings is 3. The van der Waals surface area contributed by atoms with E-state index < -0.39 is 0 Å². The van der Waals surface area contributed by atoms with Gasteiger partial charge in [0.2, 0.25) is 0 Å². The number of hydrogen-bond acceptors (Lipinski definition) is 15. The van der Waals surface area contributed by atoms with Crippen LogP contribution in [0.1, 0.15) is 74.8 Å². The van der Waals surface area contributed by atoms with Crippen LogP contribution in [-0.2, 0) is 11.8 Å². The number of aryl methyl sites for hydroxylation is 4. The molecule has 0 bridgehead atoms. The highest BCUT2D eigenvalue weighted by molar-refractivity contribution is 9.10. The second kappa shape index (κ2) is 31.4. The lowest BCUT2D eigenvalue weighted by molar-refractivity contribution is 0.259. The molecule has 19 heteroatoms. The minimum absolute atomic E-state index is 0.0824. The molecule has 6 aromatic rings. The first-order valence-electron chi connectivity index (χ1n) is 28.0. The molecule has 0 spiro atoms. The van der Waals surface area contributed by atoms with Crippen molar-refractivity contribution in [3.05, 3.63) is 155 Å². The van der Waals surface area contributed by atoms with Crippen LogP contribution in [0.15, 0.2) is 126 Å². The number of nitrogens with zero attached hydrogens (tertiary/aromatic N) is 9. The van der Waals surface area contributed by atoms with E-state index in [1.54, 1.807) is 53.9 Å². The molecular weight excluding hydrogens is 1110 g/mol. The van der Waals surface area contributed by atoms with E-state index in [9.17, 15) is 14.4 Å². The maximum Gasteiger partial charge on any atom is 0.251 e. The second-order valence-corrected chi connectivity index (χ2v) is 25.8. The third-order valence-corrected chi connectivity index (χ3v) is 17.6. The van der Waals surface area contributed by atoms with Crippen molar-refractivity contribution in [3.8, 4) is 0 Å². The topological polar surface area (TPSA) is 157 Å². The first-order chi connectivity index (χ1) is 38.0. The molecule has 3 aromatic heterocycles. The van der Waals surface area contributed by atoms with Gasteiger partial charge in [-0.25, -0.2) is 15.0 Å². The Bertz CT molecular complexity index is 2980. The smallest absolute Gasteiger partial charge is 0.251 e. The standard InChI is InChI=1S/C22H32N4OS.C20H28N4OS.C18H23BrN4OS/c1-17-14-18(22(2,3)4)16-19(15-17)26-11-9-25(10-12-26)8-5-13-28-21-23-7-6-20(27)24-21;1-3-17-13-16(2)14-18(15-17)24-10-8-23(9-11-24)7-4-12-26-20-21-6-5-19(25)22-20;1-14-11-15(19)13-16(12-14)23-8-6-22(7-9-23)5-2-10-25-18-20-4-3-17(24)21-18/h6-7,14-16H,5,8-13H2,1-4H3,(H,23,24,27);5-6,13-15H,3-4,7-12H2,1-2H3,(H,21,22,25);3-4,11-13H,2,5-10H2,1H3,(H,20,21,24). The molecular formula is C60H83BrN12O3S3. The first-order valence-corrected chi connectivity index (χ1v) is 31.8. The molecule has 3 saturated heterocycles. The number of thioether (sulfide) groups is 3. The summed E-state index contributed by atoms with van der Waals surface area (Å²) in [6, 6.07) is 24.9. The van der Waals surface area contributed by atoms with Crippen LogP contribution < -0.4 is 31.4 Å². The summed E-state index contributed by atoms with van der Waals surface area (Å²) in [4.78, 5) is 69.7. The Balaban J connectivity index is 0.000000172. The van der Waals surface area contributed by atoms with Gasteiger partial charge in [0.1, 0.15) is 0 Å². The number of hydrogen-bond donors (Lipinski definition) is 3. The molecule has 0 amide bonds. The van der Waals surface area contributed by atoms with Crippen LogP contribution in [0.3, 0.4) is 0 Å². The minimum Gasteiger partial charge on any atom is -0.369 e. The maximum absolute atomic E-state index is 11.3. The maximum atomic E-state index is 11.3. The second-order valence-electron chi connectivity index (χ2n) is 21.6. The van der Waals surface area contributed by atoms with Gasteiger partial charge in [-0.15, -0.1) is 0 Å². The summed E-state index contributed by atoms with van der Waals surface area (Å²) < 4.78 is 1.15. The van der Waals surface area contributed by atoms with E-state index >= 15 is 0 Å². The Kier molecular flexibility index (Phi) is 24.5. The van der Waals surface area contributed by atoms with Crippen molar-refractivity contribution in [3.63, 3.8) is 0 Å². The summed E-state index contributed by atoms with van der Waals surface area (Å²) in [5, 5.41) is 2.14. The number of aromatic amines is 3. The van der Waals surface area contributed by atoms with Crippen LogP contribution in [0.4, 0.5) is 17.1 Å². The molecule has 6 heterocycles. The Hall–Kier alpha value is -4.89. The van der Waals surface area contributed by atoms with Gasteiger partial charge >= 0.3 is 0 Å². The largest absolute Gasteiger partial charge is 0.369 e. The Morgan fingerprint density at radius 2 is 0.835 bits per heavy atom. The van der Waals surface area contributed by atoms with Crippen molar-refractivity contribution < 1.29 is 0 Å². The Morgan fingerprint density at radius 1 is 0.481 bits per heavy atom. The van der Waals surface area contributed by atoms with E-state index in [1.807, 2.05) is 0 Å². The van der Waals surface area contributed by atoms with Crippen molar-refractivity contribution >= 4 is 68.3 Å². The fourth-order valence-corrected chi connectivity index (χ4v) is 12.8. The monoisotopic (exact) mass is 1190 g/mol. The number of rotatable bonds is 19. The van der Waals surface area contributed by atoms with E-state index in [0.29, 0.717) is 15.5 Å². The number of H-pyrrole nitrogens is 3. The summed E-state index contributed by atoms with van der Waals surface area (Å²) in [5.41, 5.74) is 10.8. The van der Waals surface area contributed by atoms with Crippen LogP contribution in [0.2, 0.25) is 0 Å². The van der Waals surface area contributed by atoms with Gasteiger partial charge < -0.3 is 29.7 Å². The van der Waals surface area contributed by atoms with Crippen molar-refractivity contribution in [1.29, 1.82) is 0 Å². The lowest BCUT2D eigenvalue weighted by Gasteiger charge is -2.37. The van der Waals surface area contributed by atoms with Crippen molar-refractivity contribution in [2.24, 2.45) is 0 Å². The third kappa shape index (κ3) is 21.2. The summed E-state index contributed by atoms with van der Waals surface area (Å²) in [7, 11) is 0. The van der Waals surface area contributed by atoms with Crippen molar-refractivity contribution in [2.75, 3.05) is 130 Å². The van der Waals surface area contributed by atoms with Gasteiger partial charge in [-0.3, -0.25) is 29.1 Å². The first kappa shape index (κ1) is 61.7. The molecule has 3 aliphatic rings. The van der Waals surface area contributed by atoms with Gasteiger partial charge in [-0.05, 0) is 142 Å². The van der Waals surface area contributed by atoms with Gasteiger partial charge in [0.25, 0.3) is 16.7 Å². The zero-order valence-electron chi connectivity index (χ0n) is 47.6. The number of anilines is 3. The third-order valence-electron chi connectivity index (χ3n) is 14.2. The minimum atomic E-state index is -0.0867. The highest BCUT2D eigenvalue weighted by Crippen LogP contribution is 2.30. The molecule has 0 aliphatic carbocycles. The Labute approximate surface area is 489 Å². The highest BCUT2D eigenvalue weighted by atomic mass is 79.9.